The highest BCUT2D eigenvalue weighted by atomic mass is 16.5. The van der Waals surface area contributed by atoms with Gasteiger partial charge in [0.1, 0.15) is 5.75 Å². The van der Waals surface area contributed by atoms with Crippen LogP contribution in [-0.2, 0) is 0 Å². The maximum Gasteiger partial charge on any atom is 0.122 e. The topological polar surface area (TPSA) is 9.23 Å². The summed E-state index contributed by atoms with van der Waals surface area (Å²) >= 11 is 0. The van der Waals surface area contributed by atoms with E-state index >= 15 is 0 Å². The first-order valence-electron chi connectivity index (χ1n) is 4.37. The van der Waals surface area contributed by atoms with Crippen LogP contribution >= 0.6 is 0 Å². The largest absolute Gasteiger partial charge is 0.492 e. The summed E-state index contributed by atoms with van der Waals surface area (Å²) in [6, 6.07) is 6.13. The lowest BCUT2D eigenvalue weighted by molar-refractivity contribution is 0.325. The van der Waals surface area contributed by atoms with E-state index in [9.17, 15) is 0 Å². The molecule has 0 heterocycles. The van der Waals surface area contributed by atoms with Gasteiger partial charge in [-0.15, -0.1) is 12.3 Å². The van der Waals surface area contributed by atoms with Crippen LogP contribution in [0.3, 0.4) is 0 Å². The van der Waals surface area contributed by atoms with Crippen LogP contribution in [0, 0.1) is 26.2 Å². The van der Waals surface area contributed by atoms with E-state index in [1.165, 1.54) is 5.56 Å². The van der Waals surface area contributed by atoms with Gasteiger partial charge in [-0.1, -0.05) is 17.7 Å². The van der Waals surface area contributed by atoms with Gasteiger partial charge in [-0.25, -0.2) is 0 Å². The molecule has 0 amide bonds. The van der Waals surface area contributed by atoms with Crippen LogP contribution in [0.4, 0.5) is 0 Å². The second-order valence-corrected chi connectivity index (χ2v) is 3.07. The summed E-state index contributed by atoms with van der Waals surface area (Å²) < 4.78 is 5.49. The zero-order chi connectivity index (χ0) is 9.68. The second-order valence-electron chi connectivity index (χ2n) is 3.07. The van der Waals surface area contributed by atoms with Gasteiger partial charge in [-0.3, -0.25) is 0 Å². The zero-order valence-electron chi connectivity index (χ0n) is 8.13. The molecule has 1 nitrogen and oxygen atoms in total. The standard InChI is InChI=1S/C12H14O/c1-4-5-8-13-12-7-6-10(2)9-11(12)3/h1,6-7,9H,5,8H2,2-3H3. The van der Waals surface area contributed by atoms with Gasteiger partial charge in [-0.05, 0) is 25.5 Å². The molecule has 0 aromatic heterocycles. The summed E-state index contributed by atoms with van der Waals surface area (Å²) in [5.74, 6) is 3.48. The summed E-state index contributed by atoms with van der Waals surface area (Å²) in [4.78, 5) is 0. The summed E-state index contributed by atoms with van der Waals surface area (Å²) in [5.41, 5.74) is 2.42. The molecule has 0 aliphatic rings. The van der Waals surface area contributed by atoms with Crippen LogP contribution in [-0.4, -0.2) is 6.61 Å². The quantitative estimate of drug-likeness (QED) is 0.505. The van der Waals surface area contributed by atoms with Crippen molar-refractivity contribution in [2.24, 2.45) is 0 Å². The van der Waals surface area contributed by atoms with Gasteiger partial charge in [0, 0.05) is 6.42 Å². The molecule has 0 radical (unpaired) electrons. The second kappa shape index (κ2) is 4.57. The average Bonchev–Trinajstić information content (AvgIpc) is 2.09. The fraction of sp³-hybridized carbons (Fsp3) is 0.333. The zero-order valence-corrected chi connectivity index (χ0v) is 8.13. The van der Waals surface area contributed by atoms with Crippen LogP contribution < -0.4 is 4.74 Å². The van der Waals surface area contributed by atoms with Gasteiger partial charge >= 0.3 is 0 Å². The SMILES string of the molecule is C#CCCOc1ccc(C)cc1C. The minimum Gasteiger partial charge on any atom is -0.492 e. The van der Waals surface area contributed by atoms with Crippen LogP contribution in [0.2, 0.25) is 0 Å². The van der Waals surface area contributed by atoms with E-state index in [1.807, 2.05) is 19.1 Å². The molecule has 0 aliphatic carbocycles. The molecule has 13 heavy (non-hydrogen) atoms. The first-order chi connectivity index (χ1) is 6.24. The monoisotopic (exact) mass is 174 g/mol. The Balaban J connectivity index is 2.62. The summed E-state index contributed by atoms with van der Waals surface area (Å²) in [7, 11) is 0. The molecular weight excluding hydrogens is 160 g/mol. The predicted octanol–water partition coefficient (Wildman–Crippen LogP) is 2.71. The minimum absolute atomic E-state index is 0.598. The van der Waals surface area contributed by atoms with Gasteiger partial charge < -0.3 is 4.74 Å². The lowest BCUT2D eigenvalue weighted by Crippen LogP contribution is -1.97. The highest BCUT2D eigenvalue weighted by Crippen LogP contribution is 2.18. The number of ether oxygens (including phenoxy) is 1. The lowest BCUT2D eigenvalue weighted by atomic mass is 10.1. The maximum absolute atomic E-state index is 5.49. The smallest absolute Gasteiger partial charge is 0.122 e. The van der Waals surface area contributed by atoms with Crippen molar-refractivity contribution < 1.29 is 4.74 Å². The van der Waals surface area contributed by atoms with Crippen LogP contribution in [0.5, 0.6) is 5.75 Å². The Morgan fingerprint density at radius 3 is 2.77 bits per heavy atom. The highest BCUT2D eigenvalue weighted by molar-refractivity contribution is 5.35. The van der Waals surface area contributed by atoms with Gasteiger partial charge in [0.2, 0.25) is 0 Å². The molecule has 1 aromatic carbocycles. The Morgan fingerprint density at radius 1 is 1.38 bits per heavy atom. The van der Waals surface area contributed by atoms with Crippen molar-refractivity contribution in [3.8, 4) is 18.1 Å². The number of hydrogen-bond acceptors (Lipinski definition) is 1. The van der Waals surface area contributed by atoms with E-state index in [1.54, 1.807) is 0 Å². The fourth-order valence-electron chi connectivity index (χ4n) is 1.18. The fourth-order valence-corrected chi connectivity index (χ4v) is 1.18. The average molecular weight is 174 g/mol. The van der Waals surface area contributed by atoms with Gasteiger partial charge in [-0.2, -0.15) is 0 Å². The maximum atomic E-state index is 5.49. The molecule has 0 bridgehead atoms. The molecule has 0 unspecified atom stereocenters. The Bertz CT molecular complexity index is 320. The molecular formula is C12H14O. The van der Waals surface area contributed by atoms with Crippen LogP contribution in [0.15, 0.2) is 18.2 Å². The molecule has 0 saturated carbocycles. The van der Waals surface area contributed by atoms with Crippen molar-refractivity contribution in [3.05, 3.63) is 29.3 Å². The van der Waals surface area contributed by atoms with E-state index in [-0.39, 0.29) is 0 Å². The lowest BCUT2D eigenvalue weighted by Gasteiger charge is -2.07. The summed E-state index contributed by atoms with van der Waals surface area (Å²) in [5, 5.41) is 0. The Labute approximate surface area is 79.7 Å². The van der Waals surface area contributed by atoms with Gasteiger partial charge in [0.05, 0.1) is 6.61 Å². The van der Waals surface area contributed by atoms with E-state index in [0.29, 0.717) is 13.0 Å². The third-order valence-corrected chi connectivity index (χ3v) is 1.83. The first kappa shape index (κ1) is 9.67. The Kier molecular flexibility index (Phi) is 3.40. The van der Waals surface area contributed by atoms with Crippen molar-refractivity contribution >= 4 is 0 Å². The van der Waals surface area contributed by atoms with Crippen molar-refractivity contribution in [1.29, 1.82) is 0 Å². The molecule has 1 rings (SSSR count). The molecule has 68 valence electrons. The molecule has 1 heteroatoms. The normalized spacial score (nSPS) is 9.31. The molecule has 0 N–H and O–H groups in total. The Morgan fingerprint density at radius 2 is 2.15 bits per heavy atom. The first-order valence-corrected chi connectivity index (χ1v) is 4.37. The third kappa shape index (κ3) is 2.83. The number of benzene rings is 1. The molecule has 0 saturated heterocycles. The van der Waals surface area contributed by atoms with Crippen LogP contribution in [0.25, 0.3) is 0 Å². The number of terminal acetylenes is 1. The van der Waals surface area contributed by atoms with Gasteiger partial charge in [0.15, 0.2) is 0 Å². The molecule has 1 aromatic rings. The van der Waals surface area contributed by atoms with E-state index in [2.05, 4.69) is 18.9 Å². The predicted molar refractivity (Wildman–Crippen MR) is 54.9 cm³/mol. The summed E-state index contributed by atoms with van der Waals surface area (Å²) in [6.07, 6.45) is 5.78. The van der Waals surface area contributed by atoms with Crippen LogP contribution in [0.1, 0.15) is 17.5 Å². The van der Waals surface area contributed by atoms with Crippen molar-refractivity contribution in [3.63, 3.8) is 0 Å². The number of hydrogen-bond donors (Lipinski definition) is 0. The number of rotatable bonds is 3. The van der Waals surface area contributed by atoms with Gasteiger partial charge in [0.25, 0.3) is 0 Å². The molecule has 0 aliphatic heterocycles. The van der Waals surface area contributed by atoms with E-state index in [0.717, 1.165) is 11.3 Å². The molecule has 0 spiro atoms. The number of aryl methyl sites for hydroxylation is 2. The third-order valence-electron chi connectivity index (χ3n) is 1.83. The Hall–Kier alpha value is -1.42. The summed E-state index contributed by atoms with van der Waals surface area (Å²) in [6.45, 7) is 4.71. The van der Waals surface area contributed by atoms with Crippen molar-refractivity contribution in [1.82, 2.24) is 0 Å². The van der Waals surface area contributed by atoms with E-state index in [4.69, 9.17) is 11.2 Å². The molecule has 0 atom stereocenters. The highest BCUT2D eigenvalue weighted by Gasteiger charge is 1.97. The van der Waals surface area contributed by atoms with E-state index < -0.39 is 0 Å². The van der Waals surface area contributed by atoms with Crippen molar-refractivity contribution in [2.75, 3.05) is 6.61 Å². The van der Waals surface area contributed by atoms with Crippen molar-refractivity contribution in [2.45, 2.75) is 20.3 Å². The minimum atomic E-state index is 0.598. The molecule has 0 fully saturated rings.